The second kappa shape index (κ2) is 6.02. The van der Waals surface area contributed by atoms with Crippen molar-refractivity contribution in [3.8, 4) is 0 Å². The van der Waals surface area contributed by atoms with Crippen LogP contribution in [0.2, 0.25) is 0 Å². The number of hydrogen-bond acceptors (Lipinski definition) is 2. The fourth-order valence-electron chi connectivity index (χ4n) is 2.36. The summed E-state index contributed by atoms with van der Waals surface area (Å²) in [5.41, 5.74) is 8.15. The van der Waals surface area contributed by atoms with E-state index < -0.39 is 0 Å². The van der Waals surface area contributed by atoms with Crippen LogP contribution in [0.3, 0.4) is 0 Å². The lowest BCUT2D eigenvalue weighted by atomic mass is 9.95. The highest BCUT2D eigenvalue weighted by Crippen LogP contribution is 2.17. The van der Waals surface area contributed by atoms with Gasteiger partial charge in [-0.15, -0.1) is 0 Å². The summed E-state index contributed by atoms with van der Waals surface area (Å²) in [6, 6.07) is 9.34. The quantitative estimate of drug-likeness (QED) is 0.815. The number of benzene rings is 1. The molecule has 0 heterocycles. The van der Waals surface area contributed by atoms with E-state index in [1.165, 1.54) is 43.2 Å². The molecule has 2 rings (SSSR count). The van der Waals surface area contributed by atoms with Crippen LogP contribution in [0.25, 0.3) is 0 Å². The number of nitrogens with one attached hydrogen (secondary N) is 1. The van der Waals surface area contributed by atoms with Crippen molar-refractivity contribution in [2.75, 3.05) is 0 Å². The van der Waals surface area contributed by atoms with Crippen LogP contribution in [0.4, 0.5) is 0 Å². The molecule has 0 spiro atoms. The van der Waals surface area contributed by atoms with Gasteiger partial charge in [0, 0.05) is 19.1 Å². The Morgan fingerprint density at radius 3 is 2.25 bits per heavy atom. The third-order valence-corrected chi connectivity index (χ3v) is 3.46. The third-order valence-electron chi connectivity index (χ3n) is 3.46. The maximum Gasteiger partial charge on any atom is 0.0208 e. The predicted octanol–water partition coefficient (Wildman–Crippen LogP) is 2.57. The van der Waals surface area contributed by atoms with Gasteiger partial charge >= 0.3 is 0 Å². The van der Waals surface area contributed by atoms with Crippen molar-refractivity contribution in [3.63, 3.8) is 0 Å². The summed E-state index contributed by atoms with van der Waals surface area (Å²) in [7, 11) is 0. The summed E-state index contributed by atoms with van der Waals surface area (Å²) in [4.78, 5) is 0. The monoisotopic (exact) mass is 218 g/mol. The van der Waals surface area contributed by atoms with Crippen molar-refractivity contribution in [1.82, 2.24) is 5.32 Å². The number of hydrogen-bond donors (Lipinski definition) is 2. The molecule has 2 nitrogen and oxygen atoms in total. The molecule has 1 aromatic rings. The first-order valence-electron chi connectivity index (χ1n) is 6.40. The molecule has 2 heteroatoms. The van der Waals surface area contributed by atoms with Crippen LogP contribution in [0.15, 0.2) is 24.3 Å². The van der Waals surface area contributed by atoms with E-state index in [1.54, 1.807) is 0 Å². The molecule has 3 N–H and O–H groups in total. The molecule has 1 aliphatic rings. The summed E-state index contributed by atoms with van der Waals surface area (Å²) in [5, 5.41) is 3.64. The summed E-state index contributed by atoms with van der Waals surface area (Å²) in [6.45, 7) is 1.63. The first kappa shape index (κ1) is 11.6. The van der Waals surface area contributed by atoms with E-state index in [1.807, 2.05) is 0 Å². The van der Waals surface area contributed by atoms with Gasteiger partial charge in [-0.25, -0.2) is 0 Å². The van der Waals surface area contributed by atoms with Crippen LogP contribution < -0.4 is 11.1 Å². The Bertz CT molecular complexity index is 299. The minimum Gasteiger partial charge on any atom is -0.326 e. The maximum atomic E-state index is 5.58. The van der Waals surface area contributed by atoms with Gasteiger partial charge in [-0.3, -0.25) is 0 Å². The van der Waals surface area contributed by atoms with Gasteiger partial charge in [-0.05, 0) is 24.0 Å². The lowest BCUT2D eigenvalue weighted by Crippen LogP contribution is -2.30. The van der Waals surface area contributed by atoms with Gasteiger partial charge in [0.2, 0.25) is 0 Å². The summed E-state index contributed by atoms with van der Waals surface area (Å²) < 4.78 is 0. The molecule has 16 heavy (non-hydrogen) atoms. The number of rotatable bonds is 4. The molecule has 0 amide bonds. The molecule has 0 radical (unpaired) electrons. The fraction of sp³-hybridized carbons (Fsp3) is 0.571. The molecule has 88 valence electrons. The van der Waals surface area contributed by atoms with Crippen LogP contribution in [-0.2, 0) is 13.1 Å². The topological polar surface area (TPSA) is 38.0 Å². The van der Waals surface area contributed by atoms with Gasteiger partial charge in [0.05, 0.1) is 0 Å². The van der Waals surface area contributed by atoms with Gasteiger partial charge in [-0.2, -0.15) is 0 Å². The second-order valence-electron chi connectivity index (χ2n) is 4.74. The molecule has 1 aromatic carbocycles. The highest BCUT2D eigenvalue weighted by molar-refractivity contribution is 5.22. The molecule has 0 atom stereocenters. The zero-order chi connectivity index (χ0) is 11.2. The molecular formula is C14H22N2. The van der Waals surface area contributed by atoms with E-state index in [9.17, 15) is 0 Å². The van der Waals surface area contributed by atoms with Gasteiger partial charge in [0.25, 0.3) is 0 Å². The summed E-state index contributed by atoms with van der Waals surface area (Å²) in [5.74, 6) is 0. The van der Waals surface area contributed by atoms with Crippen molar-refractivity contribution in [2.24, 2.45) is 5.73 Å². The molecule has 0 aromatic heterocycles. The van der Waals surface area contributed by atoms with E-state index in [2.05, 4.69) is 29.6 Å². The largest absolute Gasteiger partial charge is 0.326 e. The molecule has 1 fully saturated rings. The van der Waals surface area contributed by atoms with Crippen molar-refractivity contribution in [2.45, 2.75) is 51.2 Å². The Morgan fingerprint density at radius 1 is 1.00 bits per heavy atom. The highest BCUT2D eigenvalue weighted by Gasteiger charge is 2.11. The van der Waals surface area contributed by atoms with E-state index in [-0.39, 0.29) is 0 Å². The Kier molecular flexibility index (Phi) is 4.37. The first-order valence-corrected chi connectivity index (χ1v) is 6.40. The Balaban J connectivity index is 1.79. The average molecular weight is 218 g/mol. The van der Waals surface area contributed by atoms with Crippen LogP contribution >= 0.6 is 0 Å². The molecule has 0 unspecified atom stereocenters. The van der Waals surface area contributed by atoms with Crippen LogP contribution in [-0.4, -0.2) is 6.04 Å². The molecule has 0 bridgehead atoms. The normalized spacial score (nSPS) is 17.6. The molecule has 1 aliphatic carbocycles. The minimum atomic E-state index is 0.635. The molecular weight excluding hydrogens is 196 g/mol. The van der Waals surface area contributed by atoms with Crippen molar-refractivity contribution < 1.29 is 0 Å². The van der Waals surface area contributed by atoms with Gasteiger partial charge in [-0.1, -0.05) is 43.5 Å². The fourth-order valence-corrected chi connectivity index (χ4v) is 2.36. The SMILES string of the molecule is NCc1ccc(CNC2CCCCC2)cc1. The lowest BCUT2D eigenvalue weighted by molar-refractivity contribution is 0.372. The first-order chi connectivity index (χ1) is 7.88. The van der Waals surface area contributed by atoms with Crippen LogP contribution in [0.1, 0.15) is 43.2 Å². The Labute approximate surface area is 98.2 Å². The van der Waals surface area contributed by atoms with E-state index >= 15 is 0 Å². The molecule has 1 saturated carbocycles. The zero-order valence-corrected chi connectivity index (χ0v) is 9.91. The Morgan fingerprint density at radius 2 is 1.62 bits per heavy atom. The van der Waals surface area contributed by atoms with E-state index in [0.717, 1.165) is 12.6 Å². The standard InChI is InChI=1S/C14H22N2/c15-10-12-6-8-13(9-7-12)11-16-14-4-2-1-3-5-14/h6-9,14,16H,1-5,10-11,15H2. The number of nitrogens with two attached hydrogens (primary N) is 1. The van der Waals surface area contributed by atoms with Gasteiger partial charge in [0.15, 0.2) is 0 Å². The van der Waals surface area contributed by atoms with Crippen molar-refractivity contribution >= 4 is 0 Å². The molecule has 0 aliphatic heterocycles. The second-order valence-corrected chi connectivity index (χ2v) is 4.74. The third kappa shape index (κ3) is 3.32. The minimum absolute atomic E-state index is 0.635. The van der Waals surface area contributed by atoms with Crippen LogP contribution in [0, 0.1) is 0 Å². The van der Waals surface area contributed by atoms with E-state index in [4.69, 9.17) is 5.73 Å². The maximum absolute atomic E-state index is 5.58. The van der Waals surface area contributed by atoms with Crippen molar-refractivity contribution in [1.29, 1.82) is 0 Å². The summed E-state index contributed by atoms with van der Waals surface area (Å²) >= 11 is 0. The Hall–Kier alpha value is -0.860. The molecule has 0 saturated heterocycles. The summed E-state index contributed by atoms with van der Waals surface area (Å²) in [6.07, 6.45) is 6.90. The smallest absolute Gasteiger partial charge is 0.0208 e. The zero-order valence-electron chi connectivity index (χ0n) is 9.91. The lowest BCUT2D eigenvalue weighted by Gasteiger charge is -2.22. The van der Waals surface area contributed by atoms with Gasteiger partial charge < -0.3 is 11.1 Å². The van der Waals surface area contributed by atoms with Crippen molar-refractivity contribution in [3.05, 3.63) is 35.4 Å². The predicted molar refractivity (Wildman–Crippen MR) is 68.0 cm³/mol. The van der Waals surface area contributed by atoms with E-state index in [0.29, 0.717) is 6.54 Å². The highest BCUT2D eigenvalue weighted by atomic mass is 14.9. The van der Waals surface area contributed by atoms with Crippen LogP contribution in [0.5, 0.6) is 0 Å². The van der Waals surface area contributed by atoms with Gasteiger partial charge in [0.1, 0.15) is 0 Å². The average Bonchev–Trinajstić information content (AvgIpc) is 2.38.